The summed E-state index contributed by atoms with van der Waals surface area (Å²) in [6.45, 7) is 1.25. The molecule has 0 aromatic heterocycles. The van der Waals surface area contributed by atoms with E-state index in [2.05, 4.69) is 5.16 Å². The Kier molecular flexibility index (Phi) is 12.2. The summed E-state index contributed by atoms with van der Waals surface area (Å²) in [5, 5.41) is 18.9. The van der Waals surface area contributed by atoms with Gasteiger partial charge in [0.2, 0.25) is 0 Å². The molecule has 0 aliphatic heterocycles. The maximum atomic E-state index is 8.62. The Morgan fingerprint density at radius 2 is 1.21 bits per heavy atom. The molecule has 0 saturated carbocycles. The molecular formula is C19H26Cl2N4O3. The molecule has 0 aliphatic carbocycles. The van der Waals surface area contributed by atoms with Gasteiger partial charge in [-0.15, -0.1) is 24.8 Å². The molecule has 2 aromatic carbocycles. The highest BCUT2D eigenvalue weighted by Gasteiger charge is 2.00. The molecule has 28 heavy (non-hydrogen) atoms. The number of rotatable bonds is 10. The van der Waals surface area contributed by atoms with E-state index >= 15 is 0 Å². The highest BCUT2D eigenvalue weighted by Crippen LogP contribution is 2.14. The van der Waals surface area contributed by atoms with Crippen LogP contribution in [0, 0.1) is 5.41 Å². The second-order valence-corrected chi connectivity index (χ2v) is 5.71. The molecule has 0 amide bonds. The van der Waals surface area contributed by atoms with Crippen LogP contribution >= 0.6 is 24.8 Å². The molecule has 0 unspecified atom stereocenters. The van der Waals surface area contributed by atoms with E-state index in [9.17, 15) is 0 Å². The minimum Gasteiger partial charge on any atom is -0.494 e. The summed E-state index contributed by atoms with van der Waals surface area (Å²) in [6, 6.07) is 14.3. The lowest BCUT2D eigenvalue weighted by atomic mass is 10.2. The summed E-state index contributed by atoms with van der Waals surface area (Å²) in [6.07, 6.45) is 2.85. The molecule has 0 saturated heterocycles. The van der Waals surface area contributed by atoms with E-state index in [-0.39, 0.29) is 36.5 Å². The van der Waals surface area contributed by atoms with Crippen LogP contribution in [0.4, 0.5) is 0 Å². The Balaban J connectivity index is 0.00000364. The number of amidine groups is 2. The number of nitrogens with zero attached hydrogens (tertiary/aromatic N) is 1. The first kappa shape index (κ1) is 25.4. The molecule has 9 heteroatoms. The van der Waals surface area contributed by atoms with Crippen molar-refractivity contribution in [2.45, 2.75) is 19.3 Å². The Bertz CT molecular complexity index is 738. The summed E-state index contributed by atoms with van der Waals surface area (Å²) in [4.78, 5) is 0. The molecule has 0 spiro atoms. The predicted octanol–water partition coefficient (Wildman–Crippen LogP) is 3.54. The molecule has 0 bridgehead atoms. The molecule has 154 valence electrons. The van der Waals surface area contributed by atoms with Crippen molar-refractivity contribution >= 4 is 36.5 Å². The molecule has 0 atom stereocenters. The zero-order valence-electron chi connectivity index (χ0n) is 15.3. The van der Waals surface area contributed by atoms with Crippen LogP contribution in [-0.2, 0) is 0 Å². The summed E-state index contributed by atoms with van der Waals surface area (Å²) >= 11 is 0. The van der Waals surface area contributed by atoms with Crippen molar-refractivity contribution in [2.75, 3.05) is 13.2 Å². The summed E-state index contributed by atoms with van der Waals surface area (Å²) in [5.74, 6) is 1.65. The van der Waals surface area contributed by atoms with E-state index in [4.69, 9.17) is 31.6 Å². The molecule has 2 aromatic rings. The van der Waals surface area contributed by atoms with Gasteiger partial charge in [0.1, 0.15) is 17.3 Å². The van der Waals surface area contributed by atoms with E-state index in [0.717, 1.165) is 30.8 Å². The molecule has 0 heterocycles. The minimum absolute atomic E-state index is 0. The van der Waals surface area contributed by atoms with Gasteiger partial charge in [-0.2, -0.15) is 0 Å². The minimum atomic E-state index is 0. The number of nitrogens with one attached hydrogen (secondary N) is 1. The van der Waals surface area contributed by atoms with Crippen LogP contribution in [0.15, 0.2) is 53.7 Å². The molecule has 0 fully saturated rings. The second kappa shape index (κ2) is 13.5. The third-order valence-electron chi connectivity index (χ3n) is 3.75. The van der Waals surface area contributed by atoms with E-state index in [1.807, 2.05) is 12.1 Å². The summed E-state index contributed by atoms with van der Waals surface area (Å²) in [7, 11) is 0. The Morgan fingerprint density at radius 1 is 0.786 bits per heavy atom. The van der Waals surface area contributed by atoms with Gasteiger partial charge in [0.25, 0.3) is 0 Å². The largest absolute Gasteiger partial charge is 0.494 e. The molecule has 2 rings (SSSR count). The number of halogens is 2. The van der Waals surface area contributed by atoms with E-state index in [0.29, 0.717) is 24.3 Å². The van der Waals surface area contributed by atoms with E-state index in [1.54, 1.807) is 36.4 Å². The SMILES string of the molecule is Cl.Cl.N=C(N)c1ccc(OCCCCCOc2ccc(/C(N)=N/O)cc2)cc1. The fourth-order valence-corrected chi connectivity index (χ4v) is 2.27. The molecule has 0 radical (unpaired) electrons. The average molecular weight is 429 g/mol. The van der Waals surface area contributed by atoms with Gasteiger partial charge in [0.05, 0.1) is 13.2 Å². The molecule has 0 aliphatic rings. The predicted molar refractivity (Wildman–Crippen MR) is 116 cm³/mol. The number of unbranched alkanes of at least 4 members (excludes halogenated alkanes) is 2. The lowest BCUT2D eigenvalue weighted by Crippen LogP contribution is -2.12. The first-order valence-corrected chi connectivity index (χ1v) is 8.38. The number of nitrogen functional groups attached to an aromatic ring is 1. The molecular weight excluding hydrogens is 403 g/mol. The van der Waals surface area contributed by atoms with Crippen molar-refractivity contribution in [3.05, 3.63) is 59.7 Å². The third kappa shape index (κ3) is 8.37. The van der Waals surface area contributed by atoms with Gasteiger partial charge in [-0.1, -0.05) is 5.16 Å². The fourth-order valence-electron chi connectivity index (χ4n) is 2.27. The summed E-state index contributed by atoms with van der Waals surface area (Å²) in [5.41, 5.74) is 12.3. The highest BCUT2D eigenvalue weighted by molar-refractivity contribution is 5.97. The van der Waals surface area contributed by atoms with Gasteiger partial charge in [0.15, 0.2) is 5.84 Å². The lowest BCUT2D eigenvalue weighted by Gasteiger charge is -2.08. The molecule has 7 nitrogen and oxygen atoms in total. The van der Waals surface area contributed by atoms with Crippen LogP contribution < -0.4 is 20.9 Å². The number of nitrogens with two attached hydrogens (primary N) is 2. The van der Waals surface area contributed by atoms with Crippen LogP contribution in [0.1, 0.15) is 30.4 Å². The number of benzene rings is 2. The third-order valence-corrected chi connectivity index (χ3v) is 3.75. The highest BCUT2D eigenvalue weighted by atomic mass is 35.5. The average Bonchev–Trinajstić information content (AvgIpc) is 2.67. The van der Waals surface area contributed by atoms with Gasteiger partial charge in [-0.25, -0.2) is 0 Å². The zero-order chi connectivity index (χ0) is 18.8. The van der Waals surface area contributed by atoms with Gasteiger partial charge in [0, 0.05) is 11.1 Å². The van der Waals surface area contributed by atoms with Crippen LogP contribution in [0.5, 0.6) is 11.5 Å². The second-order valence-electron chi connectivity index (χ2n) is 5.71. The number of ether oxygens (including phenoxy) is 2. The van der Waals surface area contributed by atoms with E-state index in [1.165, 1.54) is 0 Å². The Morgan fingerprint density at radius 3 is 1.61 bits per heavy atom. The van der Waals surface area contributed by atoms with Crippen molar-refractivity contribution in [3.63, 3.8) is 0 Å². The van der Waals surface area contributed by atoms with Crippen molar-refractivity contribution in [3.8, 4) is 11.5 Å². The smallest absolute Gasteiger partial charge is 0.170 e. The monoisotopic (exact) mass is 428 g/mol. The maximum absolute atomic E-state index is 8.62. The van der Waals surface area contributed by atoms with Crippen LogP contribution in [0.25, 0.3) is 0 Å². The van der Waals surface area contributed by atoms with Gasteiger partial charge >= 0.3 is 0 Å². The van der Waals surface area contributed by atoms with E-state index < -0.39 is 0 Å². The number of hydrogen-bond donors (Lipinski definition) is 4. The van der Waals surface area contributed by atoms with Crippen LogP contribution in [0.3, 0.4) is 0 Å². The number of hydrogen-bond acceptors (Lipinski definition) is 5. The normalized spacial score (nSPS) is 10.4. The molecule has 6 N–H and O–H groups in total. The standard InChI is InChI=1S/C19H24N4O3.2ClH/c20-18(21)14-4-8-16(9-5-14)25-12-2-1-3-13-26-17-10-6-15(7-11-17)19(22)23-24;;/h4-11,24H,1-3,12-13H2,(H3,20,21)(H2,22,23);2*1H. The zero-order valence-corrected chi connectivity index (χ0v) is 17.0. The maximum Gasteiger partial charge on any atom is 0.170 e. The van der Waals surface area contributed by atoms with Gasteiger partial charge in [-0.05, 0) is 67.8 Å². The van der Waals surface area contributed by atoms with Crippen molar-refractivity contribution in [1.82, 2.24) is 0 Å². The van der Waals surface area contributed by atoms with Crippen molar-refractivity contribution in [2.24, 2.45) is 16.6 Å². The van der Waals surface area contributed by atoms with Crippen LogP contribution in [0.2, 0.25) is 0 Å². The van der Waals surface area contributed by atoms with Gasteiger partial charge in [-0.3, -0.25) is 5.41 Å². The number of oxime groups is 1. The first-order chi connectivity index (χ1) is 12.6. The van der Waals surface area contributed by atoms with Crippen LogP contribution in [-0.4, -0.2) is 30.1 Å². The lowest BCUT2D eigenvalue weighted by molar-refractivity contribution is 0.279. The first-order valence-electron chi connectivity index (χ1n) is 8.38. The summed E-state index contributed by atoms with van der Waals surface area (Å²) < 4.78 is 11.3. The Labute approximate surface area is 177 Å². The quantitative estimate of drug-likeness (QED) is 0.151. The van der Waals surface area contributed by atoms with Gasteiger partial charge < -0.3 is 26.1 Å². The topological polar surface area (TPSA) is 127 Å². The Hall–Kier alpha value is -2.64. The van der Waals surface area contributed by atoms with Crippen molar-refractivity contribution in [1.29, 1.82) is 5.41 Å². The van der Waals surface area contributed by atoms with Crippen molar-refractivity contribution < 1.29 is 14.7 Å². The fraction of sp³-hybridized carbons (Fsp3) is 0.263.